The fourth-order valence-electron chi connectivity index (χ4n) is 3.16. The average Bonchev–Trinajstić information content (AvgIpc) is 3.41. The summed E-state index contributed by atoms with van der Waals surface area (Å²) in [7, 11) is 0. The average molecular weight is 517 g/mol. The van der Waals surface area contributed by atoms with Crippen molar-refractivity contribution in [1.82, 2.24) is 4.98 Å². The Morgan fingerprint density at radius 2 is 2.03 bits per heavy atom. The number of nitrogens with two attached hydrogens (primary N) is 1. The Morgan fingerprint density at radius 3 is 2.59 bits per heavy atom. The molecule has 2 aromatic rings. The number of hydrogen-bond acceptors (Lipinski definition) is 6. The van der Waals surface area contributed by atoms with Gasteiger partial charge < -0.3 is 24.4 Å². The minimum absolute atomic E-state index is 0.0560. The van der Waals surface area contributed by atoms with Gasteiger partial charge in [0.2, 0.25) is 5.89 Å². The fraction of sp³-hybridized carbons (Fsp3) is 0.545. The van der Waals surface area contributed by atoms with E-state index >= 15 is 0 Å². The molecule has 0 radical (unpaired) electrons. The van der Waals surface area contributed by atoms with Crippen molar-refractivity contribution >= 4 is 22.0 Å². The first-order valence-electron chi connectivity index (χ1n) is 10.3. The van der Waals surface area contributed by atoms with Crippen LogP contribution in [0.5, 0.6) is 11.5 Å². The van der Waals surface area contributed by atoms with Crippen molar-refractivity contribution in [3.8, 4) is 23.0 Å². The summed E-state index contributed by atoms with van der Waals surface area (Å²) in [5, 5.41) is 0.353. The lowest BCUT2D eigenvalue weighted by molar-refractivity contribution is -0.0515. The number of oxazole rings is 1. The Labute approximate surface area is 193 Å². The Kier molecular flexibility index (Phi) is 7.63. The predicted molar refractivity (Wildman–Crippen MR) is 117 cm³/mol. The van der Waals surface area contributed by atoms with Crippen LogP contribution in [0.4, 0.5) is 13.6 Å². The van der Waals surface area contributed by atoms with Crippen LogP contribution in [0.2, 0.25) is 0 Å². The van der Waals surface area contributed by atoms with Crippen LogP contribution in [-0.4, -0.2) is 24.3 Å². The van der Waals surface area contributed by atoms with Crippen molar-refractivity contribution in [1.29, 1.82) is 0 Å². The first-order chi connectivity index (χ1) is 15.1. The number of aromatic nitrogens is 1. The van der Waals surface area contributed by atoms with E-state index in [0.29, 0.717) is 41.3 Å². The number of nitrogens with zero attached hydrogens (tertiary/aromatic N) is 1. The third-order valence-corrected chi connectivity index (χ3v) is 5.31. The molecule has 1 aromatic heterocycles. The summed E-state index contributed by atoms with van der Waals surface area (Å²) in [5.41, 5.74) is 6.14. The Bertz CT molecular complexity index is 941. The molecule has 0 bridgehead atoms. The molecule has 1 fully saturated rings. The SMILES string of the molecule is CC(C)(C)CC(OC(N)=O)c1oc(-c2ccc(OC(F)F)c(OCC3CC3)c2)nc1CBr. The molecule has 1 aliphatic rings. The minimum atomic E-state index is -2.97. The van der Waals surface area contributed by atoms with Crippen molar-refractivity contribution in [2.75, 3.05) is 6.61 Å². The standard InChI is InChI=1S/C22H27BrF2N2O5/c1-22(2,3)9-17(31-21(26)28)18-14(10-23)27-19(32-18)13-6-7-15(30-20(24)25)16(8-13)29-11-12-4-5-12/h6-8,12,17,20H,4-5,9-11H2,1-3H3,(H2,26,28). The normalized spacial score (nSPS) is 15.0. The second-order valence-electron chi connectivity index (χ2n) is 8.95. The number of halogens is 3. The molecule has 176 valence electrons. The van der Waals surface area contributed by atoms with Crippen LogP contribution >= 0.6 is 15.9 Å². The lowest BCUT2D eigenvalue weighted by atomic mass is 9.88. The molecule has 1 unspecified atom stereocenters. The number of carbonyl (C=O) groups is 1. The number of primary amides is 1. The molecular weight excluding hydrogens is 490 g/mol. The second-order valence-corrected chi connectivity index (χ2v) is 9.51. The van der Waals surface area contributed by atoms with Gasteiger partial charge in [0.25, 0.3) is 0 Å². The summed E-state index contributed by atoms with van der Waals surface area (Å²) in [5.74, 6) is 1.17. The summed E-state index contributed by atoms with van der Waals surface area (Å²) in [6, 6.07) is 4.51. The maximum atomic E-state index is 12.8. The smallest absolute Gasteiger partial charge is 0.405 e. The molecule has 0 aliphatic heterocycles. The van der Waals surface area contributed by atoms with Crippen LogP contribution in [0.3, 0.4) is 0 Å². The van der Waals surface area contributed by atoms with E-state index in [9.17, 15) is 13.6 Å². The van der Waals surface area contributed by atoms with Gasteiger partial charge in [-0.15, -0.1) is 0 Å². The van der Waals surface area contributed by atoms with Gasteiger partial charge in [0.15, 0.2) is 23.4 Å². The minimum Gasteiger partial charge on any atom is -0.489 e. The van der Waals surface area contributed by atoms with Gasteiger partial charge >= 0.3 is 12.7 Å². The van der Waals surface area contributed by atoms with Crippen LogP contribution < -0.4 is 15.2 Å². The molecule has 2 N–H and O–H groups in total. The molecule has 1 saturated carbocycles. The predicted octanol–water partition coefficient (Wildman–Crippen LogP) is 6.20. The summed E-state index contributed by atoms with van der Waals surface area (Å²) < 4.78 is 47.2. The summed E-state index contributed by atoms with van der Waals surface area (Å²) in [4.78, 5) is 16.0. The highest BCUT2D eigenvalue weighted by atomic mass is 79.9. The monoisotopic (exact) mass is 516 g/mol. The number of hydrogen-bond donors (Lipinski definition) is 1. The largest absolute Gasteiger partial charge is 0.489 e. The molecule has 3 rings (SSSR count). The van der Waals surface area contributed by atoms with E-state index in [1.807, 2.05) is 20.8 Å². The van der Waals surface area contributed by atoms with Crippen molar-refractivity contribution in [3.63, 3.8) is 0 Å². The van der Waals surface area contributed by atoms with Crippen LogP contribution in [-0.2, 0) is 10.1 Å². The zero-order chi connectivity index (χ0) is 23.5. The third-order valence-electron chi connectivity index (χ3n) is 4.78. The molecule has 1 amide bonds. The van der Waals surface area contributed by atoms with Crippen LogP contribution in [0.1, 0.15) is 57.6 Å². The summed E-state index contributed by atoms with van der Waals surface area (Å²) in [6.07, 6.45) is 0.923. The first-order valence-corrected chi connectivity index (χ1v) is 11.4. The van der Waals surface area contributed by atoms with Crippen LogP contribution in [0, 0.1) is 11.3 Å². The first kappa shape index (κ1) is 24.3. The van der Waals surface area contributed by atoms with Crippen molar-refractivity contribution in [2.24, 2.45) is 17.1 Å². The van der Waals surface area contributed by atoms with Gasteiger partial charge in [0.1, 0.15) is 0 Å². The van der Waals surface area contributed by atoms with Gasteiger partial charge in [-0.3, -0.25) is 0 Å². The molecule has 10 heteroatoms. The molecule has 1 aliphatic carbocycles. The molecule has 7 nitrogen and oxygen atoms in total. The van der Waals surface area contributed by atoms with Gasteiger partial charge in [-0.1, -0.05) is 36.7 Å². The van der Waals surface area contributed by atoms with Crippen molar-refractivity contribution < 1.29 is 32.2 Å². The number of carbonyl (C=O) groups excluding carboxylic acids is 1. The third kappa shape index (κ3) is 6.82. The highest BCUT2D eigenvalue weighted by Gasteiger charge is 2.30. The maximum absolute atomic E-state index is 12.8. The summed E-state index contributed by atoms with van der Waals surface area (Å²) >= 11 is 3.39. The topological polar surface area (TPSA) is 96.8 Å². The molecular formula is C22H27BrF2N2O5. The highest BCUT2D eigenvalue weighted by Crippen LogP contribution is 2.39. The van der Waals surface area contributed by atoms with E-state index in [2.05, 4.69) is 25.7 Å². The molecule has 0 saturated heterocycles. The fourth-order valence-corrected chi connectivity index (χ4v) is 3.56. The quantitative estimate of drug-likeness (QED) is 0.377. The van der Waals surface area contributed by atoms with E-state index in [0.717, 1.165) is 12.8 Å². The number of ether oxygens (including phenoxy) is 3. The zero-order valence-electron chi connectivity index (χ0n) is 18.2. The maximum Gasteiger partial charge on any atom is 0.405 e. The molecule has 0 spiro atoms. The van der Waals surface area contributed by atoms with Crippen molar-refractivity contribution in [3.05, 3.63) is 29.7 Å². The Balaban J connectivity index is 1.95. The highest BCUT2D eigenvalue weighted by molar-refractivity contribution is 9.08. The Morgan fingerprint density at radius 1 is 1.31 bits per heavy atom. The zero-order valence-corrected chi connectivity index (χ0v) is 19.8. The van der Waals surface area contributed by atoms with Gasteiger partial charge in [0.05, 0.1) is 12.3 Å². The van der Waals surface area contributed by atoms with E-state index in [4.69, 9.17) is 19.6 Å². The summed E-state index contributed by atoms with van der Waals surface area (Å²) in [6.45, 7) is 3.45. The number of rotatable bonds is 10. The van der Waals surface area contributed by atoms with Gasteiger partial charge in [-0.25, -0.2) is 9.78 Å². The van der Waals surface area contributed by atoms with Gasteiger partial charge in [-0.2, -0.15) is 8.78 Å². The molecule has 1 atom stereocenters. The van der Waals surface area contributed by atoms with Gasteiger partial charge in [0, 0.05) is 10.9 Å². The van der Waals surface area contributed by atoms with Crippen LogP contribution in [0.15, 0.2) is 22.6 Å². The van der Waals surface area contributed by atoms with Crippen LogP contribution in [0.25, 0.3) is 11.5 Å². The molecule has 32 heavy (non-hydrogen) atoms. The van der Waals surface area contributed by atoms with E-state index in [1.165, 1.54) is 6.07 Å². The van der Waals surface area contributed by atoms with Crippen molar-refractivity contribution in [2.45, 2.75) is 58.1 Å². The lowest BCUT2D eigenvalue weighted by Crippen LogP contribution is -2.21. The second kappa shape index (κ2) is 10.1. The number of amides is 1. The van der Waals surface area contributed by atoms with E-state index < -0.39 is 18.8 Å². The Hall–Kier alpha value is -2.36. The molecule has 1 heterocycles. The van der Waals surface area contributed by atoms with E-state index in [1.54, 1.807) is 12.1 Å². The van der Waals surface area contributed by atoms with Gasteiger partial charge in [-0.05, 0) is 48.8 Å². The number of alkyl halides is 3. The number of benzene rings is 1. The van der Waals surface area contributed by atoms with E-state index in [-0.39, 0.29) is 22.8 Å². The molecule has 1 aromatic carbocycles. The lowest BCUT2D eigenvalue weighted by Gasteiger charge is -2.24.